The Morgan fingerprint density at radius 1 is 1.47 bits per heavy atom. The second-order valence-electron chi connectivity index (χ2n) is 5.53. The zero-order chi connectivity index (χ0) is 13.3. The molecule has 3 rings (SSSR count). The molecule has 0 atom stereocenters. The fourth-order valence-electron chi connectivity index (χ4n) is 2.67. The molecular weight excluding hydrogens is 236 g/mol. The minimum atomic E-state index is -0.102. The van der Waals surface area contributed by atoms with Crippen molar-refractivity contribution in [2.75, 3.05) is 6.54 Å². The van der Waals surface area contributed by atoms with Gasteiger partial charge in [0.25, 0.3) is 0 Å². The molecule has 0 aliphatic heterocycles. The van der Waals surface area contributed by atoms with Gasteiger partial charge in [-0.3, -0.25) is 0 Å². The first-order valence-electron chi connectivity index (χ1n) is 6.74. The molecule has 1 aromatic heterocycles. The Balaban J connectivity index is 1.64. The first-order chi connectivity index (χ1) is 9.22. The highest BCUT2D eigenvalue weighted by Gasteiger charge is 2.36. The van der Waals surface area contributed by atoms with E-state index in [2.05, 4.69) is 34.6 Å². The van der Waals surface area contributed by atoms with Gasteiger partial charge < -0.3 is 9.88 Å². The molecule has 0 spiro atoms. The van der Waals surface area contributed by atoms with E-state index in [1.807, 2.05) is 17.9 Å². The zero-order valence-corrected chi connectivity index (χ0v) is 11.2. The lowest BCUT2D eigenvalue weighted by Crippen LogP contribution is -2.38. The number of nitrogens with one attached hydrogen (secondary N) is 1. The Morgan fingerprint density at radius 3 is 3.00 bits per heavy atom. The minimum Gasteiger partial charge on any atom is -0.334 e. The van der Waals surface area contributed by atoms with Crippen LogP contribution in [0, 0.1) is 16.7 Å². The molecule has 1 aromatic carbocycles. The number of aromatic nitrogens is 2. The van der Waals surface area contributed by atoms with E-state index in [1.54, 1.807) is 0 Å². The third-order valence-electron chi connectivity index (χ3n) is 4.13. The summed E-state index contributed by atoms with van der Waals surface area (Å²) in [6, 6.07) is 8.79. The van der Waals surface area contributed by atoms with Crippen LogP contribution in [0.15, 0.2) is 24.5 Å². The average Bonchev–Trinajstić information content (AvgIpc) is 2.74. The Kier molecular flexibility index (Phi) is 3.00. The van der Waals surface area contributed by atoms with Crippen LogP contribution in [-0.4, -0.2) is 16.1 Å². The van der Waals surface area contributed by atoms with Gasteiger partial charge in [-0.1, -0.05) is 12.5 Å². The second-order valence-corrected chi connectivity index (χ2v) is 5.53. The van der Waals surface area contributed by atoms with Gasteiger partial charge in [-0.2, -0.15) is 5.26 Å². The van der Waals surface area contributed by atoms with E-state index < -0.39 is 0 Å². The quantitative estimate of drug-likeness (QED) is 0.911. The van der Waals surface area contributed by atoms with Crippen LogP contribution in [0.4, 0.5) is 0 Å². The molecule has 98 valence electrons. The number of fused-ring (bicyclic) bond motifs is 1. The lowest BCUT2D eigenvalue weighted by molar-refractivity contribution is 0.206. The highest BCUT2D eigenvalue weighted by atomic mass is 15.0. The number of hydrogen-bond acceptors (Lipinski definition) is 3. The molecule has 1 saturated carbocycles. The number of benzene rings is 1. The van der Waals surface area contributed by atoms with Gasteiger partial charge in [-0.25, -0.2) is 4.98 Å². The topological polar surface area (TPSA) is 53.6 Å². The number of rotatable bonds is 4. The normalized spacial score (nSPS) is 17.1. The highest BCUT2D eigenvalue weighted by molar-refractivity contribution is 5.75. The summed E-state index contributed by atoms with van der Waals surface area (Å²) in [6.07, 6.45) is 5.10. The van der Waals surface area contributed by atoms with Gasteiger partial charge in [0, 0.05) is 20.1 Å². The lowest BCUT2D eigenvalue weighted by Gasteiger charge is -2.35. The number of nitriles is 1. The van der Waals surface area contributed by atoms with Crippen molar-refractivity contribution in [3.63, 3.8) is 0 Å². The third kappa shape index (κ3) is 2.22. The maximum Gasteiger partial charge on any atom is 0.0955 e. The van der Waals surface area contributed by atoms with Crippen LogP contribution >= 0.6 is 0 Å². The molecule has 1 heterocycles. The predicted octanol–water partition coefficient (Wildman–Crippen LogP) is 2.36. The first kappa shape index (κ1) is 12.2. The van der Waals surface area contributed by atoms with Gasteiger partial charge in [0.2, 0.25) is 0 Å². The molecule has 0 radical (unpaired) electrons. The average molecular weight is 254 g/mol. The van der Waals surface area contributed by atoms with Crippen LogP contribution in [0.5, 0.6) is 0 Å². The Bertz CT molecular complexity index is 631. The maximum absolute atomic E-state index is 9.18. The molecule has 0 amide bonds. The van der Waals surface area contributed by atoms with Crippen molar-refractivity contribution in [3.05, 3.63) is 30.1 Å². The van der Waals surface area contributed by atoms with Crippen molar-refractivity contribution in [3.8, 4) is 6.07 Å². The third-order valence-corrected chi connectivity index (χ3v) is 4.13. The highest BCUT2D eigenvalue weighted by Crippen LogP contribution is 2.39. The van der Waals surface area contributed by atoms with Crippen LogP contribution in [-0.2, 0) is 13.6 Å². The molecule has 1 aliphatic carbocycles. The Hall–Kier alpha value is -1.86. The summed E-state index contributed by atoms with van der Waals surface area (Å²) >= 11 is 0. The number of aryl methyl sites for hydroxylation is 1. The summed E-state index contributed by atoms with van der Waals surface area (Å²) in [6.45, 7) is 1.60. The summed E-state index contributed by atoms with van der Waals surface area (Å²) in [5.41, 5.74) is 3.30. The fourth-order valence-corrected chi connectivity index (χ4v) is 2.67. The molecule has 1 aliphatic rings. The molecule has 0 saturated heterocycles. The van der Waals surface area contributed by atoms with Crippen LogP contribution in [0.2, 0.25) is 0 Å². The summed E-state index contributed by atoms with van der Waals surface area (Å²) < 4.78 is 2.02. The van der Waals surface area contributed by atoms with Crippen LogP contribution in [0.3, 0.4) is 0 Å². The summed E-state index contributed by atoms with van der Waals surface area (Å²) in [4.78, 5) is 4.36. The molecule has 1 fully saturated rings. The van der Waals surface area contributed by atoms with Crippen molar-refractivity contribution in [2.45, 2.75) is 25.8 Å². The van der Waals surface area contributed by atoms with E-state index in [-0.39, 0.29) is 5.41 Å². The molecule has 1 N–H and O–H groups in total. The first-order valence-corrected chi connectivity index (χ1v) is 6.74. The van der Waals surface area contributed by atoms with Crippen molar-refractivity contribution in [1.82, 2.24) is 14.9 Å². The van der Waals surface area contributed by atoms with Crippen LogP contribution in [0.25, 0.3) is 11.0 Å². The second kappa shape index (κ2) is 4.67. The van der Waals surface area contributed by atoms with E-state index in [0.717, 1.165) is 37.0 Å². The van der Waals surface area contributed by atoms with Crippen molar-refractivity contribution >= 4 is 11.0 Å². The van der Waals surface area contributed by atoms with Gasteiger partial charge in [0.1, 0.15) is 0 Å². The SMILES string of the molecule is Cn1cnc2cc(CNCC3(C#N)CCC3)ccc21. The van der Waals surface area contributed by atoms with Crippen molar-refractivity contribution in [1.29, 1.82) is 5.26 Å². The van der Waals surface area contributed by atoms with Gasteiger partial charge in [0.15, 0.2) is 0 Å². The minimum absolute atomic E-state index is 0.102. The molecule has 4 heteroatoms. The van der Waals surface area contributed by atoms with E-state index in [1.165, 1.54) is 12.0 Å². The fraction of sp³-hybridized carbons (Fsp3) is 0.467. The van der Waals surface area contributed by atoms with E-state index in [4.69, 9.17) is 0 Å². The maximum atomic E-state index is 9.18. The smallest absolute Gasteiger partial charge is 0.0955 e. The van der Waals surface area contributed by atoms with Crippen LogP contribution in [0.1, 0.15) is 24.8 Å². The number of hydrogen-bond donors (Lipinski definition) is 1. The summed E-state index contributed by atoms with van der Waals surface area (Å²) in [5.74, 6) is 0. The van der Waals surface area contributed by atoms with Gasteiger partial charge in [-0.15, -0.1) is 0 Å². The number of nitrogens with zero attached hydrogens (tertiary/aromatic N) is 3. The van der Waals surface area contributed by atoms with E-state index in [0.29, 0.717) is 0 Å². The summed E-state index contributed by atoms with van der Waals surface area (Å²) in [5, 5.41) is 12.6. The van der Waals surface area contributed by atoms with Crippen molar-refractivity contribution in [2.24, 2.45) is 12.5 Å². The largest absolute Gasteiger partial charge is 0.334 e. The lowest BCUT2D eigenvalue weighted by atomic mass is 9.70. The molecule has 0 bridgehead atoms. The summed E-state index contributed by atoms with van der Waals surface area (Å²) in [7, 11) is 2.00. The molecular formula is C15H18N4. The zero-order valence-electron chi connectivity index (χ0n) is 11.2. The van der Waals surface area contributed by atoms with Crippen molar-refractivity contribution < 1.29 is 0 Å². The monoisotopic (exact) mass is 254 g/mol. The molecule has 2 aromatic rings. The van der Waals surface area contributed by atoms with E-state index in [9.17, 15) is 5.26 Å². The molecule has 0 unspecified atom stereocenters. The van der Waals surface area contributed by atoms with E-state index >= 15 is 0 Å². The standard InChI is InChI=1S/C15H18N4/c1-19-11-18-13-7-12(3-4-14(13)19)8-17-10-15(9-16)5-2-6-15/h3-4,7,11,17H,2,5-6,8,10H2,1H3. The molecule has 4 nitrogen and oxygen atoms in total. The van der Waals surface area contributed by atoms with Crippen LogP contribution < -0.4 is 5.32 Å². The predicted molar refractivity (Wildman–Crippen MR) is 74.3 cm³/mol. The van der Waals surface area contributed by atoms with Gasteiger partial charge in [-0.05, 0) is 30.5 Å². The van der Waals surface area contributed by atoms with Gasteiger partial charge in [0.05, 0.1) is 28.8 Å². The molecule has 19 heavy (non-hydrogen) atoms. The Morgan fingerprint density at radius 2 is 2.32 bits per heavy atom. The Labute approximate surface area is 113 Å². The van der Waals surface area contributed by atoms with Gasteiger partial charge >= 0.3 is 0 Å². The number of imidazole rings is 1.